The summed E-state index contributed by atoms with van der Waals surface area (Å²) in [6.45, 7) is 0. The van der Waals surface area contributed by atoms with Gasteiger partial charge in [-0.25, -0.2) is 0 Å². The number of hydrogen-bond donors (Lipinski definition) is 0. The van der Waals surface area contributed by atoms with Gasteiger partial charge in [-0.15, -0.1) is 0 Å². The van der Waals surface area contributed by atoms with E-state index < -0.39 is 5.41 Å². The molecule has 1 spiro atoms. The third-order valence-corrected chi connectivity index (χ3v) is 15.8. The maximum absolute atomic E-state index is 6.49. The van der Waals surface area contributed by atoms with Gasteiger partial charge in [0.25, 0.3) is 0 Å². The summed E-state index contributed by atoms with van der Waals surface area (Å²) in [4.78, 5) is 0. The molecule has 0 saturated heterocycles. The maximum atomic E-state index is 6.49. The number of hydrogen-bond acceptors (Lipinski definition) is 1. The summed E-state index contributed by atoms with van der Waals surface area (Å²) < 4.78 is 6.49. The number of rotatable bonds is 2. The number of benzene rings is 13. The van der Waals surface area contributed by atoms with Crippen LogP contribution >= 0.6 is 0 Å². The zero-order valence-corrected chi connectivity index (χ0v) is 36.8. The predicted molar refractivity (Wildman–Crippen MR) is 286 cm³/mol. The molecule has 0 fully saturated rings. The molecule has 1 heterocycles. The molecule has 1 nitrogen and oxygen atoms in total. The summed E-state index contributed by atoms with van der Waals surface area (Å²) in [7, 11) is 0. The largest absolute Gasteiger partial charge is 0.456 e. The Kier molecular flexibility index (Phi) is 7.07. The van der Waals surface area contributed by atoms with Gasteiger partial charge in [-0.05, 0) is 162 Å². The first-order valence-corrected chi connectivity index (χ1v) is 23.7. The Morgan fingerprint density at radius 3 is 1.38 bits per heavy atom. The van der Waals surface area contributed by atoms with E-state index in [9.17, 15) is 0 Å². The molecule has 0 bridgehead atoms. The lowest BCUT2D eigenvalue weighted by molar-refractivity contribution is 0.669. The second-order valence-corrected chi connectivity index (χ2v) is 19.0. The van der Waals surface area contributed by atoms with E-state index in [-0.39, 0.29) is 0 Å². The minimum atomic E-state index is -0.516. The molecule has 0 radical (unpaired) electrons. The maximum Gasteiger partial charge on any atom is 0.136 e. The Morgan fingerprint density at radius 1 is 0.250 bits per heavy atom. The standard InChI is InChI=1S/C67H38O/c1-2-16-40-38-61-57(36-39(40)15-1)56-37-43(31-34-60(56)68-61)63-52-24-8-6-22-50(52)62(51-23-7-9-25-53(51)63)42-30-32-44-41(35-42)29-33-55-64-49-21-5-3-17-45(49)46-18-4-10-26-54(46)66(64)67(65(44)55)58-27-13-11-19-47(58)48-20-12-14-28-59(48)67/h1-38H. The molecule has 0 amide bonds. The lowest BCUT2D eigenvalue weighted by Crippen LogP contribution is -2.26. The SMILES string of the molecule is c1ccc2c(c1)-c1ccccc1C21c2c(ccc3cc(-c4c5ccccc5c(-c5ccc6oc7cc8ccccc8cc7c6c5)c5ccccc45)ccc23)-c2c1c1ccccc1c1ccccc21. The molecule has 68 heavy (non-hydrogen) atoms. The molecule has 2 aliphatic carbocycles. The Labute approximate surface area is 391 Å². The van der Waals surface area contributed by atoms with Crippen LogP contribution in [-0.4, -0.2) is 0 Å². The summed E-state index contributed by atoms with van der Waals surface area (Å²) in [6.07, 6.45) is 0. The smallest absolute Gasteiger partial charge is 0.136 e. The van der Waals surface area contributed by atoms with E-state index in [1.165, 1.54) is 131 Å². The Morgan fingerprint density at radius 2 is 0.735 bits per heavy atom. The van der Waals surface area contributed by atoms with E-state index >= 15 is 0 Å². The van der Waals surface area contributed by atoms with Gasteiger partial charge in [-0.2, -0.15) is 0 Å². The fourth-order valence-corrected chi connectivity index (χ4v) is 13.2. The van der Waals surface area contributed by atoms with Crippen molar-refractivity contribution in [3.8, 4) is 44.5 Å². The van der Waals surface area contributed by atoms with Crippen molar-refractivity contribution < 1.29 is 4.42 Å². The van der Waals surface area contributed by atoms with E-state index in [0.29, 0.717) is 0 Å². The minimum absolute atomic E-state index is 0.516. The lowest BCUT2D eigenvalue weighted by atomic mass is 9.68. The van der Waals surface area contributed by atoms with Gasteiger partial charge < -0.3 is 4.42 Å². The van der Waals surface area contributed by atoms with E-state index in [0.717, 1.165) is 21.9 Å². The summed E-state index contributed by atoms with van der Waals surface area (Å²) in [5, 5.41) is 17.4. The van der Waals surface area contributed by atoms with Crippen LogP contribution in [0.1, 0.15) is 22.3 Å². The lowest BCUT2D eigenvalue weighted by Gasteiger charge is -2.32. The molecule has 0 saturated carbocycles. The predicted octanol–water partition coefficient (Wildman–Crippen LogP) is 18.2. The van der Waals surface area contributed by atoms with Crippen molar-refractivity contribution in [1.82, 2.24) is 0 Å². The van der Waals surface area contributed by atoms with E-state index in [1.807, 2.05) is 0 Å². The highest BCUT2D eigenvalue weighted by Crippen LogP contribution is 2.66. The molecule has 2 aliphatic rings. The van der Waals surface area contributed by atoms with Gasteiger partial charge in [0.2, 0.25) is 0 Å². The highest BCUT2D eigenvalue weighted by atomic mass is 16.3. The molecule has 16 rings (SSSR count). The van der Waals surface area contributed by atoms with E-state index in [1.54, 1.807) is 0 Å². The first-order valence-electron chi connectivity index (χ1n) is 23.7. The van der Waals surface area contributed by atoms with Crippen molar-refractivity contribution in [3.63, 3.8) is 0 Å². The van der Waals surface area contributed by atoms with Crippen LogP contribution in [0.2, 0.25) is 0 Å². The van der Waals surface area contributed by atoms with Gasteiger partial charge >= 0.3 is 0 Å². The Balaban J connectivity index is 0.966. The van der Waals surface area contributed by atoms with Gasteiger partial charge in [0, 0.05) is 10.8 Å². The Hall–Kier alpha value is -8.78. The molecule has 0 N–H and O–H groups in total. The summed E-state index contributed by atoms with van der Waals surface area (Å²) >= 11 is 0. The summed E-state index contributed by atoms with van der Waals surface area (Å²) in [5.74, 6) is 0. The average Bonchev–Trinajstić information content (AvgIpc) is 4.03. The van der Waals surface area contributed by atoms with Crippen molar-refractivity contribution in [3.05, 3.63) is 253 Å². The molecule has 0 aliphatic heterocycles. The van der Waals surface area contributed by atoms with Crippen molar-refractivity contribution in [2.75, 3.05) is 0 Å². The van der Waals surface area contributed by atoms with Crippen molar-refractivity contribution in [1.29, 1.82) is 0 Å². The first kappa shape index (κ1) is 36.4. The highest BCUT2D eigenvalue weighted by molar-refractivity contribution is 6.24. The third kappa shape index (κ3) is 4.56. The molecule has 14 aromatic rings. The highest BCUT2D eigenvalue weighted by Gasteiger charge is 2.53. The zero-order chi connectivity index (χ0) is 44.2. The van der Waals surface area contributed by atoms with Crippen LogP contribution in [0.15, 0.2) is 235 Å². The molecule has 13 aromatic carbocycles. The van der Waals surface area contributed by atoms with Crippen molar-refractivity contribution in [2.45, 2.75) is 5.41 Å². The fraction of sp³-hybridized carbons (Fsp3) is 0.0149. The van der Waals surface area contributed by atoms with Gasteiger partial charge in [-0.1, -0.05) is 200 Å². The van der Waals surface area contributed by atoms with Crippen LogP contribution < -0.4 is 0 Å². The fourth-order valence-electron chi connectivity index (χ4n) is 13.2. The van der Waals surface area contributed by atoms with E-state index in [2.05, 4.69) is 231 Å². The molecule has 1 heteroatoms. The molecule has 0 unspecified atom stereocenters. The normalized spacial score (nSPS) is 13.4. The molecular formula is C67H38O. The molecule has 312 valence electrons. The van der Waals surface area contributed by atoms with Crippen molar-refractivity contribution in [2.24, 2.45) is 0 Å². The summed E-state index contributed by atoms with van der Waals surface area (Å²) in [6, 6.07) is 86.5. The van der Waals surface area contributed by atoms with Gasteiger partial charge in [0.1, 0.15) is 11.2 Å². The van der Waals surface area contributed by atoms with Gasteiger partial charge in [0.05, 0.1) is 5.41 Å². The minimum Gasteiger partial charge on any atom is -0.456 e. The monoisotopic (exact) mass is 858 g/mol. The van der Waals surface area contributed by atoms with Crippen LogP contribution in [-0.2, 0) is 5.41 Å². The Bertz CT molecular complexity index is 4460. The topological polar surface area (TPSA) is 13.1 Å². The van der Waals surface area contributed by atoms with Crippen molar-refractivity contribution >= 4 is 86.6 Å². The zero-order valence-electron chi connectivity index (χ0n) is 36.8. The second kappa shape index (κ2) is 13.2. The number of furan rings is 1. The molecule has 0 atom stereocenters. The average molecular weight is 859 g/mol. The third-order valence-electron chi connectivity index (χ3n) is 15.8. The van der Waals surface area contributed by atoms with Crippen LogP contribution in [0.4, 0.5) is 0 Å². The van der Waals surface area contributed by atoms with Crippen LogP contribution in [0, 0.1) is 0 Å². The summed E-state index contributed by atoms with van der Waals surface area (Å²) in [5.41, 5.74) is 17.0. The molecule has 1 aromatic heterocycles. The number of fused-ring (bicyclic) bond motifs is 23. The first-order chi connectivity index (χ1) is 33.7. The van der Waals surface area contributed by atoms with E-state index in [4.69, 9.17) is 4.42 Å². The van der Waals surface area contributed by atoms with Crippen LogP contribution in [0.5, 0.6) is 0 Å². The quantitative estimate of drug-likeness (QED) is 0.125. The second-order valence-electron chi connectivity index (χ2n) is 19.0. The van der Waals surface area contributed by atoms with Crippen LogP contribution in [0.25, 0.3) is 131 Å². The molecular weight excluding hydrogens is 821 g/mol. The van der Waals surface area contributed by atoms with Gasteiger partial charge in [0.15, 0.2) is 0 Å². The van der Waals surface area contributed by atoms with Crippen LogP contribution in [0.3, 0.4) is 0 Å². The van der Waals surface area contributed by atoms with Gasteiger partial charge in [-0.3, -0.25) is 0 Å².